The Hall–Kier alpha value is -1.33. The van der Waals surface area contributed by atoms with Gasteiger partial charge in [-0.1, -0.05) is 6.07 Å². The quantitative estimate of drug-likeness (QED) is 0.809. The molecule has 1 amide bonds. The second kappa shape index (κ2) is 6.30. The Morgan fingerprint density at radius 3 is 3.19 bits per heavy atom. The monoisotopic (exact) mass is 242 g/mol. The second-order valence-corrected chi connectivity index (χ2v) is 4.02. The average molecular weight is 242 g/mol. The zero-order valence-electron chi connectivity index (χ0n) is 10.7. The molecule has 0 bridgehead atoms. The molecule has 0 radical (unpaired) electrons. The number of hydrogen-bond acceptors (Lipinski definition) is 4. The highest BCUT2D eigenvalue weighted by molar-refractivity contribution is 8.13. The summed E-state index contributed by atoms with van der Waals surface area (Å²) in [5, 5.41) is 2.18. The fourth-order valence-electron chi connectivity index (χ4n) is 1.07. The first kappa shape index (κ1) is 9.86. The highest BCUT2D eigenvalue weighted by atomic mass is 32.2. The van der Waals surface area contributed by atoms with Gasteiger partial charge in [-0.25, -0.2) is 0 Å². The number of thioether (sulfide) groups is 1. The van der Waals surface area contributed by atoms with Crippen molar-refractivity contribution in [3.8, 4) is 0 Å². The van der Waals surface area contributed by atoms with E-state index in [1.54, 1.807) is 24.3 Å². The van der Waals surface area contributed by atoms with Gasteiger partial charge in [0, 0.05) is 24.6 Å². The molecule has 0 heterocycles. The molecule has 0 spiro atoms. The molecular weight excluding hydrogens is 226 g/mol. The minimum Gasteiger partial charge on any atom is -0.376 e. The number of amides is 1. The van der Waals surface area contributed by atoms with E-state index in [0.29, 0.717) is 10.5 Å². The van der Waals surface area contributed by atoms with Gasteiger partial charge in [-0.15, -0.1) is 0 Å². The molecule has 4 nitrogen and oxygen atoms in total. The van der Waals surface area contributed by atoms with Gasteiger partial charge < -0.3 is 10.1 Å². The van der Waals surface area contributed by atoms with Crippen LogP contribution in [0.3, 0.4) is 0 Å². The number of rotatable bonds is 4. The number of carbonyl (C=O) groups is 2. The van der Waals surface area contributed by atoms with E-state index in [0.717, 1.165) is 11.8 Å². The second-order valence-electron chi connectivity index (χ2n) is 2.89. The maximum Gasteiger partial charge on any atom is 0.251 e. The van der Waals surface area contributed by atoms with Crippen molar-refractivity contribution in [2.24, 2.45) is 0 Å². The minimum atomic E-state index is -1.47. The van der Waals surface area contributed by atoms with Crippen LogP contribution in [0.1, 0.15) is 13.1 Å². The molecule has 1 rings (SSSR count). The predicted octanol–water partition coefficient (Wildman–Crippen LogP) is 1.31. The first-order valence-electron chi connectivity index (χ1n) is 5.67. The molecule has 0 saturated heterocycles. The highest BCUT2D eigenvalue weighted by Gasteiger charge is 2.07. The molecule has 0 aromatic heterocycles. The Morgan fingerprint density at radius 1 is 1.69 bits per heavy atom. The van der Waals surface area contributed by atoms with Crippen LogP contribution in [-0.2, 0) is 9.53 Å². The lowest BCUT2D eigenvalue weighted by molar-refractivity contribution is -0.114. The van der Waals surface area contributed by atoms with Crippen molar-refractivity contribution in [2.45, 2.75) is 4.90 Å². The number of hydrogen-bond donors (Lipinski definition) is 1. The standard InChI is InChI=1S/C11H13NO3S/c1-12-11(14)8-4-3-5-9(6-8)16-10(13)7-15-2/h3-6H,7H2,1-2H3,(H,12,14)/i2TD. The summed E-state index contributed by atoms with van der Waals surface area (Å²) in [6.45, 7) is -0.299. The van der Waals surface area contributed by atoms with Crippen molar-refractivity contribution < 1.29 is 17.1 Å². The normalized spacial score (nSPS) is 13.6. The zero-order valence-corrected chi connectivity index (χ0v) is 9.54. The summed E-state index contributed by atoms with van der Waals surface area (Å²) in [5.41, 5.74) is 0.468. The molecule has 1 unspecified atom stereocenters. The van der Waals surface area contributed by atoms with Crippen molar-refractivity contribution in [3.05, 3.63) is 29.8 Å². The highest BCUT2D eigenvalue weighted by Crippen LogP contribution is 2.19. The summed E-state index contributed by atoms with van der Waals surface area (Å²) in [5.74, 6) is -0.224. The lowest BCUT2D eigenvalue weighted by atomic mass is 10.2. The molecular formula is C11H13NO3S. The zero-order chi connectivity index (χ0) is 13.5. The summed E-state index contributed by atoms with van der Waals surface area (Å²) in [4.78, 5) is 23.4. The Bertz CT molecular complexity index is 440. The fraction of sp³-hybridized carbons (Fsp3) is 0.273. The SMILES string of the molecule is [2H]C([3H])OCC(=O)Sc1cccc(C(=O)NC)c1. The van der Waals surface area contributed by atoms with Gasteiger partial charge in [0.25, 0.3) is 5.91 Å². The van der Waals surface area contributed by atoms with Gasteiger partial charge >= 0.3 is 0 Å². The Morgan fingerprint density at radius 2 is 2.50 bits per heavy atom. The molecule has 1 N–H and O–H groups in total. The van der Waals surface area contributed by atoms with Crippen molar-refractivity contribution in [2.75, 3.05) is 20.7 Å². The summed E-state index contributed by atoms with van der Waals surface area (Å²) >= 11 is 0.917. The van der Waals surface area contributed by atoms with Crippen LogP contribution < -0.4 is 5.32 Å². The first-order valence-corrected chi connectivity index (χ1v) is 5.33. The van der Waals surface area contributed by atoms with E-state index in [-0.39, 0.29) is 17.6 Å². The van der Waals surface area contributed by atoms with Crippen LogP contribution in [0.15, 0.2) is 29.2 Å². The molecule has 0 fully saturated rings. The van der Waals surface area contributed by atoms with Crippen LogP contribution >= 0.6 is 11.8 Å². The van der Waals surface area contributed by atoms with Gasteiger partial charge in [-0.2, -0.15) is 0 Å². The molecule has 1 aromatic rings. The third-order valence-corrected chi connectivity index (χ3v) is 2.59. The molecule has 86 valence electrons. The van der Waals surface area contributed by atoms with Gasteiger partial charge in [0.2, 0.25) is 5.12 Å². The van der Waals surface area contributed by atoms with Gasteiger partial charge in [0.1, 0.15) is 6.61 Å². The van der Waals surface area contributed by atoms with E-state index in [2.05, 4.69) is 10.1 Å². The third kappa shape index (κ3) is 3.67. The summed E-state index contributed by atoms with van der Waals surface area (Å²) in [7, 11) is 0.0656. The maximum atomic E-state index is 11.4. The predicted molar refractivity (Wildman–Crippen MR) is 62.6 cm³/mol. The number of ether oxygens (including phenoxy) is 1. The lowest BCUT2D eigenvalue weighted by Crippen LogP contribution is -2.17. The van der Waals surface area contributed by atoms with Crippen LogP contribution in [0.4, 0.5) is 0 Å². The molecule has 0 aliphatic heterocycles. The molecule has 1 aromatic carbocycles. The van der Waals surface area contributed by atoms with E-state index in [1.165, 1.54) is 7.05 Å². The van der Waals surface area contributed by atoms with Crippen LogP contribution in [0.25, 0.3) is 0 Å². The van der Waals surface area contributed by atoms with E-state index in [4.69, 9.17) is 2.74 Å². The Labute approximate surface area is 101 Å². The van der Waals surface area contributed by atoms with Crippen molar-refractivity contribution >= 4 is 22.8 Å². The van der Waals surface area contributed by atoms with Gasteiger partial charge in [-0.3, -0.25) is 9.59 Å². The molecule has 16 heavy (non-hydrogen) atoms. The van der Waals surface area contributed by atoms with E-state index in [1.807, 2.05) is 0 Å². The van der Waals surface area contributed by atoms with E-state index >= 15 is 0 Å². The number of benzene rings is 1. The number of nitrogens with one attached hydrogen (secondary N) is 1. The maximum absolute atomic E-state index is 11.4. The average Bonchev–Trinajstić information content (AvgIpc) is 2.35. The van der Waals surface area contributed by atoms with Crippen molar-refractivity contribution in [1.82, 2.24) is 5.32 Å². The molecule has 0 aliphatic rings. The Balaban J connectivity index is 2.62. The van der Waals surface area contributed by atoms with Gasteiger partial charge in [0.15, 0.2) is 0 Å². The number of methoxy groups -OCH3 is 1. The molecule has 0 aliphatic carbocycles. The van der Waals surface area contributed by atoms with Crippen LogP contribution in [0.5, 0.6) is 0 Å². The van der Waals surface area contributed by atoms with Crippen LogP contribution in [0, 0.1) is 0 Å². The van der Waals surface area contributed by atoms with E-state index in [9.17, 15) is 9.59 Å². The lowest BCUT2D eigenvalue weighted by Gasteiger charge is -2.03. The molecule has 0 saturated carbocycles. The summed E-state index contributed by atoms with van der Waals surface area (Å²) < 4.78 is 18.2. The number of carbonyl (C=O) groups excluding carboxylic acids is 2. The van der Waals surface area contributed by atoms with Gasteiger partial charge in [0.05, 0.1) is 2.74 Å². The molecule has 1 atom stereocenters. The van der Waals surface area contributed by atoms with Crippen molar-refractivity contribution in [1.29, 1.82) is 0 Å². The van der Waals surface area contributed by atoms with Crippen LogP contribution in [0.2, 0.25) is 0 Å². The summed E-state index contributed by atoms with van der Waals surface area (Å²) in [6, 6.07) is 6.63. The van der Waals surface area contributed by atoms with Crippen molar-refractivity contribution in [3.63, 3.8) is 0 Å². The first-order chi connectivity index (χ1) is 8.52. The fourth-order valence-corrected chi connectivity index (χ4v) is 1.80. The largest absolute Gasteiger partial charge is 0.376 e. The topological polar surface area (TPSA) is 55.4 Å². The minimum absolute atomic E-state index is 0.224. The smallest absolute Gasteiger partial charge is 0.251 e. The third-order valence-electron chi connectivity index (χ3n) is 1.76. The molecule has 5 heteroatoms. The summed E-state index contributed by atoms with van der Waals surface area (Å²) in [6.07, 6.45) is 0. The van der Waals surface area contributed by atoms with E-state index < -0.39 is 7.06 Å². The van der Waals surface area contributed by atoms with Crippen LogP contribution in [-0.4, -0.2) is 31.7 Å². The van der Waals surface area contributed by atoms with Gasteiger partial charge in [-0.05, 0) is 30.0 Å². The Kier molecular flexibility index (Phi) is 3.88.